The van der Waals surface area contributed by atoms with Crippen molar-refractivity contribution in [3.63, 3.8) is 0 Å². The molecule has 0 fully saturated rings. The quantitative estimate of drug-likeness (QED) is 0.331. The number of hydrogen-bond donors (Lipinski definition) is 1. The van der Waals surface area contributed by atoms with Gasteiger partial charge in [-0.25, -0.2) is 0 Å². The van der Waals surface area contributed by atoms with E-state index in [4.69, 9.17) is 14.0 Å². The summed E-state index contributed by atoms with van der Waals surface area (Å²) in [5, 5.41) is 0. The average molecular weight is 109 g/mol. The Bertz CT molecular complexity index is 11.6. The van der Waals surface area contributed by atoms with Gasteiger partial charge in [0.25, 0.3) is 10.8 Å². The van der Waals surface area contributed by atoms with Gasteiger partial charge in [-0.2, -0.15) is 0 Å². The number of hydrogen-bond acceptors (Lipinski definition) is 3. The molecule has 0 aromatic heterocycles. The van der Waals surface area contributed by atoms with E-state index in [1.165, 1.54) is 0 Å². The zero-order valence-electron chi connectivity index (χ0n) is 2.35. The molecular formula is HClMgO3. The molecule has 0 aliphatic rings. The van der Waals surface area contributed by atoms with Crippen molar-refractivity contribution < 1.29 is 24.8 Å². The summed E-state index contributed by atoms with van der Waals surface area (Å²) in [6.45, 7) is 0. The first-order valence-electron chi connectivity index (χ1n) is 0.478. The van der Waals surface area contributed by atoms with Crippen LogP contribution in [0, 0.1) is 10.8 Å². The smallest absolute Gasteiger partial charge is 0.282 e. The van der Waals surface area contributed by atoms with Gasteiger partial charge in [0.05, 0.1) is 0 Å². The summed E-state index contributed by atoms with van der Waals surface area (Å²) in [6, 6.07) is 0. The predicted octanol–water partition coefficient (Wildman–Crippen LogP) is -3.32. The van der Waals surface area contributed by atoms with Crippen LogP contribution in [0.25, 0.3) is 0 Å². The summed E-state index contributed by atoms with van der Waals surface area (Å²) in [4.78, 5) is 0. The Balaban J connectivity index is 0. The van der Waals surface area contributed by atoms with Crippen molar-refractivity contribution in [2.24, 2.45) is 0 Å². The molecule has 0 aromatic carbocycles. The average Bonchev–Trinajstić information content (AvgIpc) is 0.811. The summed E-state index contributed by atoms with van der Waals surface area (Å²) < 4.78 is 24.0. The highest BCUT2D eigenvalue weighted by Crippen LogP contribution is 1.38. The molecule has 0 bridgehead atoms. The van der Waals surface area contributed by atoms with Crippen LogP contribution in [0.15, 0.2) is 0 Å². The van der Waals surface area contributed by atoms with E-state index in [9.17, 15) is 0 Å². The molecule has 0 aliphatic carbocycles. The molecule has 0 atom stereocenters. The lowest BCUT2D eigenvalue weighted by atomic mass is 15.8. The van der Waals surface area contributed by atoms with E-state index in [1.54, 1.807) is 0 Å². The molecule has 5 heavy (non-hydrogen) atoms. The SMILES string of the molecule is [Mg].[O-][Cl+2]([O-])O. The van der Waals surface area contributed by atoms with Crippen LogP contribution in [0.5, 0.6) is 0 Å². The molecule has 0 aliphatic heterocycles. The lowest BCUT2D eigenvalue weighted by Crippen LogP contribution is -2.30. The normalized spacial score (nSPS) is 7.20. The van der Waals surface area contributed by atoms with Crippen LogP contribution in [-0.2, 0) is 0 Å². The van der Waals surface area contributed by atoms with Crippen LogP contribution in [0.2, 0.25) is 0 Å². The van der Waals surface area contributed by atoms with Crippen LogP contribution in [0.3, 0.4) is 0 Å². The summed E-state index contributed by atoms with van der Waals surface area (Å²) in [5.74, 6) is 0. The Morgan fingerprint density at radius 1 is 1.40 bits per heavy atom. The van der Waals surface area contributed by atoms with Crippen molar-refractivity contribution >= 4 is 23.1 Å². The highest BCUT2D eigenvalue weighted by molar-refractivity contribution is 5.75. The third kappa shape index (κ3) is 48.6. The molecule has 28 valence electrons. The lowest BCUT2D eigenvalue weighted by Gasteiger charge is -1.72. The van der Waals surface area contributed by atoms with E-state index in [1.807, 2.05) is 0 Å². The van der Waals surface area contributed by atoms with E-state index in [0.717, 1.165) is 0 Å². The fraction of sp³-hybridized carbons (Fsp3) is 0. The molecule has 0 spiro atoms. The summed E-state index contributed by atoms with van der Waals surface area (Å²) in [7, 11) is -2.60. The minimum Gasteiger partial charge on any atom is -0.321 e. The molecule has 0 unspecified atom stereocenters. The number of rotatable bonds is 0. The lowest BCUT2D eigenvalue weighted by molar-refractivity contribution is -1.63. The summed E-state index contributed by atoms with van der Waals surface area (Å²) >= 11 is 0. The van der Waals surface area contributed by atoms with E-state index in [0.29, 0.717) is 0 Å². The molecule has 0 saturated carbocycles. The molecule has 0 rings (SSSR count). The zero-order valence-corrected chi connectivity index (χ0v) is 4.52. The van der Waals surface area contributed by atoms with Crippen molar-refractivity contribution in [3.05, 3.63) is 0 Å². The maximum atomic E-state index is 8.52. The minimum atomic E-state index is -2.60. The van der Waals surface area contributed by atoms with Gasteiger partial charge < -0.3 is 9.32 Å². The van der Waals surface area contributed by atoms with Crippen molar-refractivity contribution in [1.82, 2.24) is 0 Å². The van der Waals surface area contributed by atoms with Crippen LogP contribution in [0.1, 0.15) is 0 Å². The van der Waals surface area contributed by atoms with E-state index < -0.39 is 10.8 Å². The highest BCUT2D eigenvalue weighted by atomic mass is 35.6. The van der Waals surface area contributed by atoms with Crippen molar-refractivity contribution in [3.8, 4) is 0 Å². The first kappa shape index (κ1) is 9.34. The van der Waals surface area contributed by atoms with Crippen LogP contribution < -0.4 is 9.32 Å². The molecule has 1 N–H and O–H groups in total. The zero-order chi connectivity index (χ0) is 3.58. The summed E-state index contributed by atoms with van der Waals surface area (Å²) in [6.07, 6.45) is 0. The van der Waals surface area contributed by atoms with Gasteiger partial charge in [-0.15, -0.1) is 0 Å². The van der Waals surface area contributed by atoms with Gasteiger partial charge in [-0.3, -0.25) is 0 Å². The molecule has 3 nitrogen and oxygen atoms in total. The van der Waals surface area contributed by atoms with Gasteiger partial charge in [-0.05, 0) is 0 Å². The number of halogens is 1. The van der Waals surface area contributed by atoms with Gasteiger partial charge in [0.1, 0.15) is 0 Å². The van der Waals surface area contributed by atoms with Crippen molar-refractivity contribution in [2.45, 2.75) is 0 Å². The maximum absolute atomic E-state index is 8.52. The molecule has 5 heteroatoms. The van der Waals surface area contributed by atoms with Gasteiger partial charge in [0.2, 0.25) is 0 Å². The molecule has 0 amide bonds. The third-order valence-electron chi connectivity index (χ3n) is 0. The van der Waals surface area contributed by atoms with Gasteiger partial charge in [0.15, 0.2) is 0 Å². The fourth-order valence-electron chi connectivity index (χ4n) is 0. The third-order valence-corrected chi connectivity index (χ3v) is 0. The topological polar surface area (TPSA) is 66.3 Å². The molecule has 0 heterocycles. The second-order valence-corrected chi connectivity index (χ2v) is 0.603. The van der Waals surface area contributed by atoms with Gasteiger partial charge in [-0.1, -0.05) is 0 Å². The molecule has 2 radical (unpaired) electrons. The van der Waals surface area contributed by atoms with Crippen LogP contribution >= 0.6 is 0 Å². The largest absolute Gasteiger partial charge is 0.321 e. The van der Waals surface area contributed by atoms with E-state index in [2.05, 4.69) is 0 Å². The first-order chi connectivity index (χ1) is 1.73. The molecular weight excluding hydrogens is 108 g/mol. The Kier molecular flexibility index (Phi) is 9.22. The maximum Gasteiger partial charge on any atom is 0.282 e. The van der Waals surface area contributed by atoms with Crippen molar-refractivity contribution in [2.75, 3.05) is 0 Å². The Hall–Kier alpha value is 0.936. The fourth-order valence-corrected chi connectivity index (χ4v) is 0. The second kappa shape index (κ2) is 4.94. The van der Waals surface area contributed by atoms with Gasteiger partial charge in [0, 0.05) is 27.7 Å². The molecule has 0 saturated heterocycles. The molecule has 0 aromatic rings. The predicted molar refractivity (Wildman–Crippen MR) is 7.97 cm³/mol. The first-order valence-corrected chi connectivity index (χ1v) is 1.43. The highest BCUT2D eigenvalue weighted by Gasteiger charge is 1.79. The van der Waals surface area contributed by atoms with E-state index >= 15 is 0 Å². The Morgan fingerprint density at radius 2 is 1.40 bits per heavy atom. The Labute approximate surface area is 48.2 Å². The van der Waals surface area contributed by atoms with Gasteiger partial charge >= 0.3 is 0 Å². The second-order valence-electron chi connectivity index (χ2n) is 0.201. The Morgan fingerprint density at radius 3 is 1.40 bits per heavy atom. The standard InChI is InChI=1S/ClHO3.Mg/c2-1(3)4;/h2H;. The monoisotopic (exact) mass is 108 g/mol. The minimum absolute atomic E-state index is 0. The van der Waals surface area contributed by atoms with Crippen molar-refractivity contribution in [1.29, 1.82) is 0 Å². The van der Waals surface area contributed by atoms with E-state index in [-0.39, 0.29) is 23.1 Å². The summed E-state index contributed by atoms with van der Waals surface area (Å²) in [5.41, 5.74) is 0. The van der Waals surface area contributed by atoms with Crippen LogP contribution in [0.4, 0.5) is 0 Å². The van der Waals surface area contributed by atoms with Crippen LogP contribution in [-0.4, -0.2) is 27.7 Å².